The standard InChI is InChI=1S/C41H46O8/c1-3-25-48-41(26-37(42)44-4-2)40(47-30-35-23-15-8-16-24-35)39(46-29-34-21-13-7-14-22-34)38(45-28-33-19-11-6-12-20-33)36(49-41)31-43-27-32-17-9-5-10-18-32/h3,5-24,36,38-40H,1,4,25-31H2,2H3/t36-,38+,39+,40-,41+/m1/s1. The van der Waals surface area contributed by atoms with E-state index < -0.39 is 36.2 Å². The highest BCUT2D eigenvalue weighted by Crippen LogP contribution is 2.40. The van der Waals surface area contributed by atoms with Crippen molar-refractivity contribution in [2.24, 2.45) is 0 Å². The lowest BCUT2D eigenvalue weighted by Crippen LogP contribution is -2.68. The van der Waals surface area contributed by atoms with Crippen molar-refractivity contribution in [3.8, 4) is 0 Å². The van der Waals surface area contributed by atoms with Crippen molar-refractivity contribution in [1.82, 2.24) is 0 Å². The molecule has 0 amide bonds. The Balaban J connectivity index is 1.55. The predicted molar refractivity (Wildman–Crippen MR) is 186 cm³/mol. The van der Waals surface area contributed by atoms with Gasteiger partial charge in [0.05, 0.1) is 46.2 Å². The van der Waals surface area contributed by atoms with Crippen LogP contribution in [0.3, 0.4) is 0 Å². The maximum Gasteiger partial charge on any atom is 0.311 e. The normalized spacial score (nSPS) is 22.0. The number of ether oxygens (including phenoxy) is 7. The Bertz CT molecular complexity index is 1520. The van der Waals surface area contributed by atoms with E-state index in [-0.39, 0.29) is 39.5 Å². The molecule has 1 aliphatic heterocycles. The van der Waals surface area contributed by atoms with Crippen molar-refractivity contribution in [1.29, 1.82) is 0 Å². The van der Waals surface area contributed by atoms with E-state index in [9.17, 15) is 4.79 Å². The molecule has 8 nitrogen and oxygen atoms in total. The monoisotopic (exact) mass is 666 g/mol. The number of rotatable bonds is 19. The highest BCUT2D eigenvalue weighted by atomic mass is 16.7. The van der Waals surface area contributed by atoms with Crippen LogP contribution in [0.2, 0.25) is 0 Å². The predicted octanol–water partition coefficient (Wildman–Crippen LogP) is 7.21. The lowest BCUT2D eigenvalue weighted by Gasteiger charge is -2.52. The van der Waals surface area contributed by atoms with E-state index in [0.29, 0.717) is 13.2 Å². The Morgan fingerprint density at radius 3 is 1.65 bits per heavy atom. The van der Waals surface area contributed by atoms with Crippen LogP contribution in [-0.2, 0) is 64.4 Å². The molecule has 0 radical (unpaired) electrons. The first-order valence-corrected chi connectivity index (χ1v) is 16.8. The molecule has 5 atom stereocenters. The molecule has 49 heavy (non-hydrogen) atoms. The van der Waals surface area contributed by atoms with Crippen molar-refractivity contribution in [3.63, 3.8) is 0 Å². The van der Waals surface area contributed by atoms with Gasteiger partial charge in [-0.25, -0.2) is 0 Å². The summed E-state index contributed by atoms with van der Waals surface area (Å²) in [5.74, 6) is -2.11. The number of hydrogen-bond donors (Lipinski definition) is 0. The van der Waals surface area contributed by atoms with Crippen LogP contribution in [0.4, 0.5) is 0 Å². The molecule has 0 bridgehead atoms. The minimum atomic E-state index is -1.62. The second-order valence-electron chi connectivity index (χ2n) is 11.8. The largest absolute Gasteiger partial charge is 0.466 e. The molecule has 1 aliphatic rings. The van der Waals surface area contributed by atoms with Gasteiger partial charge in [-0.05, 0) is 29.2 Å². The smallest absolute Gasteiger partial charge is 0.311 e. The van der Waals surface area contributed by atoms with Crippen LogP contribution in [0.25, 0.3) is 0 Å². The molecule has 0 saturated carbocycles. The van der Waals surface area contributed by atoms with E-state index >= 15 is 0 Å². The highest BCUT2D eigenvalue weighted by Gasteiger charge is 2.59. The molecular formula is C41H46O8. The van der Waals surface area contributed by atoms with Crippen LogP contribution < -0.4 is 0 Å². The first-order chi connectivity index (χ1) is 24.1. The average Bonchev–Trinajstić information content (AvgIpc) is 3.14. The molecule has 0 unspecified atom stereocenters. The van der Waals surface area contributed by atoms with Gasteiger partial charge in [0.2, 0.25) is 5.79 Å². The maximum absolute atomic E-state index is 13.3. The Labute approximate surface area is 289 Å². The minimum absolute atomic E-state index is 0.0864. The lowest BCUT2D eigenvalue weighted by molar-refractivity contribution is -0.381. The number of benzene rings is 4. The zero-order valence-corrected chi connectivity index (χ0v) is 28.1. The van der Waals surface area contributed by atoms with Crippen LogP contribution in [0, 0.1) is 0 Å². The summed E-state index contributed by atoms with van der Waals surface area (Å²) in [5, 5.41) is 0. The highest BCUT2D eigenvalue weighted by molar-refractivity contribution is 5.70. The lowest BCUT2D eigenvalue weighted by atomic mass is 9.89. The van der Waals surface area contributed by atoms with E-state index in [1.165, 1.54) is 0 Å². The molecule has 258 valence electrons. The molecule has 0 aliphatic carbocycles. The molecule has 4 aromatic rings. The molecule has 1 saturated heterocycles. The summed E-state index contributed by atoms with van der Waals surface area (Å²) in [7, 11) is 0. The van der Waals surface area contributed by atoms with E-state index in [4.69, 9.17) is 33.2 Å². The first-order valence-electron chi connectivity index (χ1n) is 16.8. The number of carbonyl (C=O) groups excluding carboxylic acids is 1. The zero-order valence-electron chi connectivity index (χ0n) is 28.1. The minimum Gasteiger partial charge on any atom is -0.466 e. The summed E-state index contributed by atoms with van der Waals surface area (Å²) >= 11 is 0. The van der Waals surface area contributed by atoms with E-state index in [1.807, 2.05) is 121 Å². The van der Waals surface area contributed by atoms with E-state index in [0.717, 1.165) is 22.3 Å². The molecular weight excluding hydrogens is 620 g/mol. The molecule has 4 aromatic carbocycles. The summed E-state index contributed by atoms with van der Waals surface area (Å²) in [6.45, 7) is 7.17. The van der Waals surface area contributed by atoms with Crippen LogP contribution in [0.15, 0.2) is 134 Å². The first kappa shape index (κ1) is 36.1. The maximum atomic E-state index is 13.3. The Morgan fingerprint density at radius 2 is 1.16 bits per heavy atom. The fourth-order valence-corrected chi connectivity index (χ4v) is 5.84. The van der Waals surface area contributed by atoms with Gasteiger partial charge in [-0.3, -0.25) is 4.79 Å². The Kier molecular flexibility index (Phi) is 14.1. The third-order valence-electron chi connectivity index (χ3n) is 8.15. The van der Waals surface area contributed by atoms with Crippen molar-refractivity contribution < 1.29 is 38.0 Å². The molecule has 0 spiro atoms. The van der Waals surface area contributed by atoms with Crippen LogP contribution in [0.5, 0.6) is 0 Å². The number of carbonyl (C=O) groups is 1. The quantitative estimate of drug-likeness (QED) is 0.0768. The van der Waals surface area contributed by atoms with Crippen LogP contribution in [-0.4, -0.2) is 56.0 Å². The van der Waals surface area contributed by atoms with Gasteiger partial charge in [-0.2, -0.15) is 0 Å². The Hall–Kier alpha value is -4.15. The summed E-state index contributed by atoms with van der Waals surface area (Å²) in [5.41, 5.74) is 3.91. The van der Waals surface area contributed by atoms with E-state index in [2.05, 4.69) is 6.58 Å². The topological polar surface area (TPSA) is 81.7 Å². The molecule has 1 fully saturated rings. The summed E-state index contributed by atoms with van der Waals surface area (Å²) in [6.07, 6.45) is -1.71. The van der Waals surface area contributed by atoms with Crippen LogP contribution >= 0.6 is 0 Å². The molecule has 0 aromatic heterocycles. The van der Waals surface area contributed by atoms with Gasteiger partial charge in [-0.1, -0.05) is 127 Å². The number of esters is 1. The molecule has 5 rings (SSSR count). The fourth-order valence-electron chi connectivity index (χ4n) is 5.84. The zero-order chi connectivity index (χ0) is 34.2. The van der Waals surface area contributed by atoms with Gasteiger partial charge < -0.3 is 33.2 Å². The van der Waals surface area contributed by atoms with E-state index in [1.54, 1.807) is 13.0 Å². The average molecular weight is 667 g/mol. The molecule has 1 heterocycles. The summed E-state index contributed by atoms with van der Waals surface area (Å²) in [4.78, 5) is 13.3. The Morgan fingerprint density at radius 1 is 0.694 bits per heavy atom. The molecule has 8 heteroatoms. The van der Waals surface area contributed by atoms with Gasteiger partial charge in [-0.15, -0.1) is 6.58 Å². The van der Waals surface area contributed by atoms with Crippen molar-refractivity contribution in [2.45, 2.75) is 70.0 Å². The second kappa shape index (κ2) is 19.1. The van der Waals surface area contributed by atoms with Gasteiger partial charge in [0.15, 0.2) is 0 Å². The van der Waals surface area contributed by atoms with Crippen molar-refractivity contribution >= 4 is 5.97 Å². The second-order valence-corrected chi connectivity index (χ2v) is 11.8. The SMILES string of the molecule is C=CCO[C@@]1(CC(=O)OCC)O[C@H](COCc2ccccc2)[C@H](OCc2ccccc2)[C@H](OCc2ccccc2)[C@H]1OCc1ccccc1. The van der Waals surface area contributed by atoms with Crippen molar-refractivity contribution in [3.05, 3.63) is 156 Å². The van der Waals surface area contributed by atoms with Gasteiger partial charge in [0, 0.05) is 0 Å². The van der Waals surface area contributed by atoms with Gasteiger partial charge >= 0.3 is 5.97 Å². The fraction of sp³-hybridized carbons (Fsp3) is 0.341. The van der Waals surface area contributed by atoms with Crippen LogP contribution in [0.1, 0.15) is 35.6 Å². The van der Waals surface area contributed by atoms with Gasteiger partial charge in [0.1, 0.15) is 30.8 Å². The van der Waals surface area contributed by atoms with Gasteiger partial charge in [0.25, 0.3) is 0 Å². The third-order valence-corrected chi connectivity index (χ3v) is 8.15. The molecule has 0 N–H and O–H groups in total. The van der Waals surface area contributed by atoms with Crippen molar-refractivity contribution in [2.75, 3.05) is 19.8 Å². The summed E-state index contributed by atoms with van der Waals surface area (Å²) in [6, 6.07) is 39.5. The summed E-state index contributed by atoms with van der Waals surface area (Å²) < 4.78 is 45.3. The number of hydrogen-bond acceptors (Lipinski definition) is 8. The third kappa shape index (κ3) is 10.7.